The van der Waals surface area contributed by atoms with Crippen molar-refractivity contribution < 1.29 is 0 Å². The molecule has 1 N–H and O–H groups in total. The normalized spacial score (nSPS) is 11.4. The molecule has 0 saturated carbocycles. The summed E-state index contributed by atoms with van der Waals surface area (Å²) in [6.45, 7) is 9.03. The van der Waals surface area contributed by atoms with Gasteiger partial charge in [0.15, 0.2) is 0 Å². The van der Waals surface area contributed by atoms with E-state index in [9.17, 15) is 0 Å². The number of hydrogen-bond acceptors (Lipinski definition) is 2. The van der Waals surface area contributed by atoms with Gasteiger partial charge in [0.05, 0.1) is 0 Å². The van der Waals surface area contributed by atoms with Gasteiger partial charge in [-0.15, -0.1) is 11.3 Å². The van der Waals surface area contributed by atoms with E-state index >= 15 is 0 Å². The van der Waals surface area contributed by atoms with Crippen molar-refractivity contribution >= 4 is 27.3 Å². The van der Waals surface area contributed by atoms with E-state index < -0.39 is 0 Å². The second-order valence-electron chi connectivity index (χ2n) is 5.38. The molecule has 1 aromatic heterocycles. The van der Waals surface area contributed by atoms with Gasteiger partial charge >= 0.3 is 0 Å². The third kappa shape index (κ3) is 6.91. The largest absolute Gasteiger partial charge is 0.316 e. The maximum absolute atomic E-state index is 3.58. The van der Waals surface area contributed by atoms with E-state index in [0.29, 0.717) is 0 Å². The maximum atomic E-state index is 3.58. The van der Waals surface area contributed by atoms with Crippen molar-refractivity contribution in [2.45, 2.75) is 52.9 Å². The number of unbranched alkanes of at least 4 members (excludes halogenated alkanes) is 3. The van der Waals surface area contributed by atoms with E-state index in [2.05, 4.69) is 48.1 Å². The highest BCUT2D eigenvalue weighted by Gasteiger charge is 2.02. The van der Waals surface area contributed by atoms with Crippen LogP contribution in [-0.4, -0.2) is 13.1 Å². The number of nitrogens with one attached hydrogen (secondary N) is 1. The third-order valence-electron chi connectivity index (χ3n) is 2.99. The summed E-state index contributed by atoms with van der Waals surface area (Å²) in [4.78, 5) is 2.93. The van der Waals surface area contributed by atoms with Crippen LogP contribution >= 0.6 is 27.3 Å². The first-order chi connectivity index (χ1) is 8.59. The topological polar surface area (TPSA) is 12.0 Å². The molecule has 0 fully saturated rings. The van der Waals surface area contributed by atoms with Crippen molar-refractivity contribution in [3.63, 3.8) is 0 Å². The molecule has 0 radical (unpaired) electrons. The predicted molar refractivity (Wildman–Crippen MR) is 86.6 cm³/mol. The molecule has 0 spiro atoms. The van der Waals surface area contributed by atoms with Crippen molar-refractivity contribution in [1.82, 2.24) is 5.32 Å². The fourth-order valence-electron chi connectivity index (χ4n) is 1.93. The molecule has 0 atom stereocenters. The van der Waals surface area contributed by atoms with Crippen molar-refractivity contribution in [1.29, 1.82) is 0 Å². The zero-order chi connectivity index (χ0) is 13.4. The highest BCUT2D eigenvalue weighted by atomic mass is 79.9. The minimum absolute atomic E-state index is 0.769. The van der Waals surface area contributed by atoms with E-state index in [1.165, 1.54) is 52.9 Å². The van der Waals surface area contributed by atoms with Gasteiger partial charge in [0, 0.05) is 14.2 Å². The Morgan fingerprint density at radius 3 is 2.56 bits per heavy atom. The molecule has 1 nitrogen and oxygen atoms in total. The van der Waals surface area contributed by atoms with E-state index in [0.717, 1.165) is 12.5 Å². The van der Waals surface area contributed by atoms with Crippen LogP contribution in [0.3, 0.4) is 0 Å². The molecule has 1 rings (SSSR count). The van der Waals surface area contributed by atoms with Crippen molar-refractivity contribution in [2.75, 3.05) is 13.1 Å². The van der Waals surface area contributed by atoms with Crippen LogP contribution in [0.15, 0.2) is 10.5 Å². The smallest absolute Gasteiger partial charge is 0.0314 e. The zero-order valence-electron chi connectivity index (χ0n) is 11.9. The van der Waals surface area contributed by atoms with Crippen LogP contribution in [0.1, 0.15) is 49.3 Å². The molecule has 1 heterocycles. The first-order valence-corrected chi connectivity index (χ1v) is 8.66. The van der Waals surface area contributed by atoms with Gasteiger partial charge in [0.25, 0.3) is 0 Å². The fourth-order valence-corrected chi connectivity index (χ4v) is 3.58. The lowest BCUT2D eigenvalue weighted by Crippen LogP contribution is -2.20. The first-order valence-electron chi connectivity index (χ1n) is 7.05. The first kappa shape index (κ1) is 16.2. The van der Waals surface area contributed by atoms with Crippen LogP contribution < -0.4 is 5.32 Å². The quantitative estimate of drug-likeness (QED) is 0.615. The summed E-state index contributed by atoms with van der Waals surface area (Å²) in [6.07, 6.45) is 6.61. The number of hydrogen-bond donors (Lipinski definition) is 1. The zero-order valence-corrected chi connectivity index (χ0v) is 14.3. The summed E-state index contributed by atoms with van der Waals surface area (Å²) in [5.74, 6) is 0.769. The van der Waals surface area contributed by atoms with Gasteiger partial charge in [-0.25, -0.2) is 0 Å². The van der Waals surface area contributed by atoms with Gasteiger partial charge in [0.2, 0.25) is 0 Å². The van der Waals surface area contributed by atoms with Crippen molar-refractivity contribution in [2.24, 2.45) is 5.92 Å². The average molecular weight is 332 g/mol. The van der Waals surface area contributed by atoms with Crippen LogP contribution in [0.25, 0.3) is 0 Å². The fraction of sp³-hybridized carbons (Fsp3) is 0.733. The summed E-state index contributed by atoms with van der Waals surface area (Å²) in [5.41, 5.74) is 0. The molecule has 18 heavy (non-hydrogen) atoms. The van der Waals surface area contributed by atoms with Gasteiger partial charge in [-0.05, 0) is 67.2 Å². The molecular formula is C15H26BrNS. The van der Waals surface area contributed by atoms with Crippen LogP contribution in [0.4, 0.5) is 0 Å². The van der Waals surface area contributed by atoms with Crippen LogP contribution in [0, 0.1) is 12.8 Å². The Balaban J connectivity index is 1.96. The number of halogens is 1. The lowest BCUT2D eigenvalue weighted by atomic mass is 10.1. The summed E-state index contributed by atoms with van der Waals surface area (Å²) in [5, 5.41) is 3.50. The number of aryl methyl sites for hydroxylation is 2. The van der Waals surface area contributed by atoms with Crippen LogP contribution in [0.5, 0.6) is 0 Å². The highest BCUT2D eigenvalue weighted by Crippen LogP contribution is 2.27. The van der Waals surface area contributed by atoms with Gasteiger partial charge in [0.1, 0.15) is 0 Å². The number of thiophene rings is 1. The molecule has 1 aromatic rings. The van der Waals surface area contributed by atoms with Crippen molar-refractivity contribution in [3.05, 3.63) is 20.3 Å². The molecular weight excluding hydrogens is 306 g/mol. The molecule has 0 aliphatic heterocycles. The molecule has 104 valence electrons. The Morgan fingerprint density at radius 2 is 1.94 bits per heavy atom. The molecule has 0 aromatic carbocycles. The molecule has 0 aliphatic carbocycles. The SMILES string of the molecule is Cc1sc(CCCCCCNCC(C)C)cc1Br. The molecule has 0 amide bonds. The number of rotatable bonds is 9. The average Bonchev–Trinajstić information content (AvgIpc) is 2.62. The second kappa shape index (κ2) is 9.11. The molecule has 3 heteroatoms. The Kier molecular flexibility index (Phi) is 8.20. The standard InChI is InChI=1S/C15H26BrNS/c1-12(2)11-17-9-7-5-4-6-8-14-10-15(16)13(3)18-14/h10,12,17H,4-9,11H2,1-3H3. The van der Waals surface area contributed by atoms with Gasteiger partial charge < -0.3 is 5.32 Å². The molecule has 0 bridgehead atoms. The van der Waals surface area contributed by atoms with Gasteiger partial charge in [-0.1, -0.05) is 26.7 Å². The monoisotopic (exact) mass is 331 g/mol. The van der Waals surface area contributed by atoms with E-state index in [1.54, 1.807) is 0 Å². The van der Waals surface area contributed by atoms with Crippen LogP contribution in [0.2, 0.25) is 0 Å². The van der Waals surface area contributed by atoms with Crippen LogP contribution in [-0.2, 0) is 6.42 Å². The summed E-state index contributed by atoms with van der Waals surface area (Å²) < 4.78 is 1.28. The lowest BCUT2D eigenvalue weighted by molar-refractivity contribution is 0.526. The summed E-state index contributed by atoms with van der Waals surface area (Å²) >= 11 is 5.51. The minimum Gasteiger partial charge on any atom is -0.316 e. The summed E-state index contributed by atoms with van der Waals surface area (Å²) in [6, 6.07) is 2.28. The second-order valence-corrected chi connectivity index (χ2v) is 7.57. The molecule has 0 unspecified atom stereocenters. The Hall–Kier alpha value is 0.140. The summed E-state index contributed by atoms with van der Waals surface area (Å²) in [7, 11) is 0. The van der Waals surface area contributed by atoms with E-state index in [-0.39, 0.29) is 0 Å². The minimum atomic E-state index is 0.769. The molecule has 0 saturated heterocycles. The Bertz CT molecular complexity index is 314. The Labute approximate surface area is 125 Å². The van der Waals surface area contributed by atoms with E-state index in [1.807, 2.05) is 11.3 Å². The predicted octanol–water partition coefficient (Wildman–Crippen LogP) is 5.17. The maximum Gasteiger partial charge on any atom is 0.0314 e. The van der Waals surface area contributed by atoms with Crippen molar-refractivity contribution in [3.8, 4) is 0 Å². The lowest BCUT2D eigenvalue weighted by Gasteiger charge is -2.06. The Morgan fingerprint density at radius 1 is 1.22 bits per heavy atom. The van der Waals surface area contributed by atoms with E-state index in [4.69, 9.17) is 0 Å². The van der Waals surface area contributed by atoms with Gasteiger partial charge in [-0.3, -0.25) is 0 Å². The highest BCUT2D eigenvalue weighted by molar-refractivity contribution is 9.10. The molecule has 0 aliphatic rings. The van der Waals surface area contributed by atoms with Gasteiger partial charge in [-0.2, -0.15) is 0 Å². The third-order valence-corrected chi connectivity index (χ3v) is 5.18.